The molecule has 3 rings (SSSR count). The van der Waals surface area contributed by atoms with Gasteiger partial charge in [-0.25, -0.2) is 0 Å². The molecular formula is C18H25NO2. The third-order valence-corrected chi connectivity index (χ3v) is 5.23. The monoisotopic (exact) mass is 287 g/mol. The summed E-state index contributed by atoms with van der Waals surface area (Å²) in [4.78, 5) is 17.7. The van der Waals surface area contributed by atoms with E-state index in [1.807, 2.05) is 13.0 Å². The Labute approximate surface area is 127 Å². The van der Waals surface area contributed by atoms with Crippen LogP contribution in [-0.4, -0.2) is 23.0 Å². The zero-order chi connectivity index (χ0) is 14.9. The highest BCUT2D eigenvalue weighted by Crippen LogP contribution is 2.42. The minimum absolute atomic E-state index is 0.0545. The first-order valence-electron chi connectivity index (χ1n) is 8.28. The van der Waals surface area contributed by atoms with Crippen LogP contribution >= 0.6 is 0 Å². The van der Waals surface area contributed by atoms with Crippen LogP contribution in [0.3, 0.4) is 0 Å². The standard InChI is InChI=1S/C18H25NO2/c1-3-21-18(10-8-13(2)9-11-18)17(20)15-7-6-14-5-4-12-19-16(14)15/h4-5,12-13,15H,3,6-11H2,1-2H3. The average molecular weight is 287 g/mol. The van der Waals surface area contributed by atoms with Gasteiger partial charge >= 0.3 is 0 Å². The van der Waals surface area contributed by atoms with Gasteiger partial charge in [0, 0.05) is 12.8 Å². The number of ether oxygens (including phenoxy) is 1. The molecule has 2 aliphatic carbocycles. The summed E-state index contributed by atoms with van der Waals surface area (Å²) in [6, 6.07) is 4.07. The topological polar surface area (TPSA) is 39.2 Å². The van der Waals surface area contributed by atoms with Gasteiger partial charge in [0.05, 0.1) is 11.6 Å². The zero-order valence-corrected chi connectivity index (χ0v) is 13.1. The number of carbonyl (C=O) groups is 1. The number of nitrogens with zero attached hydrogens (tertiary/aromatic N) is 1. The number of ketones is 1. The Morgan fingerprint density at radius 3 is 2.86 bits per heavy atom. The molecule has 3 heteroatoms. The molecule has 0 N–H and O–H groups in total. The predicted molar refractivity (Wildman–Crippen MR) is 82.3 cm³/mol. The molecule has 0 radical (unpaired) electrons. The first-order chi connectivity index (χ1) is 10.2. The molecule has 0 amide bonds. The van der Waals surface area contributed by atoms with E-state index in [1.54, 1.807) is 6.20 Å². The average Bonchev–Trinajstić information content (AvgIpc) is 2.93. The number of rotatable bonds is 4. The fraction of sp³-hybridized carbons (Fsp3) is 0.667. The molecule has 0 aliphatic heterocycles. The van der Waals surface area contributed by atoms with Crippen LogP contribution in [0.4, 0.5) is 0 Å². The number of aryl methyl sites for hydroxylation is 1. The van der Waals surface area contributed by atoms with E-state index in [0.717, 1.165) is 44.2 Å². The predicted octanol–water partition coefficient (Wildman–Crippen LogP) is 3.67. The molecule has 1 unspecified atom stereocenters. The number of fused-ring (bicyclic) bond motifs is 1. The summed E-state index contributed by atoms with van der Waals surface area (Å²) < 4.78 is 6.03. The second-order valence-electron chi connectivity index (χ2n) is 6.61. The third kappa shape index (κ3) is 2.64. The van der Waals surface area contributed by atoms with Gasteiger partial charge in [0.25, 0.3) is 0 Å². The van der Waals surface area contributed by atoms with Gasteiger partial charge in [-0.15, -0.1) is 0 Å². The number of Topliss-reactive ketones (excluding diaryl/α,β-unsaturated/α-hetero) is 1. The maximum Gasteiger partial charge on any atom is 0.173 e. The summed E-state index contributed by atoms with van der Waals surface area (Å²) in [6.45, 7) is 4.88. The van der Waals surface area contributed by atoms with E-state index in [1.165, 1.54) is 5.56 Å². The molecule has 1 saturated carbocycles. The van der Waals surface area contributed by atoms with E-state index < -0.39 is 5.60 Å². The SMILES string of the molecule is CCOC1(C(=O)C2CCc3cccnc32)CCC(C)CC1. The second kappa shape index (κ2) is 5.88. The number of aromatic nitrogens is 1. The highest BCUT2D eigenvalue weighted by Gasteiger charge is 2.46. The second-order valence-corrected chi connectivity index (χ2v) is 6.61. The van der Waals surface area contributed by atoms with Crippen molar-refractivity contribution >= 4 is 5.78 Å². The first-order valence-corrected chi connectivity index (χ1v) is 8.28. The van der Waals surface area contributed by atoms with Crippen LogP contribution < -0.4 is 0 Å². The molecule has 1 aromatic rings. The highest BCUT2D eigenvalue weighted by molar-refractivity contribution is 5.94. The molecule has 3 nitrogen and oxygen atoms in total. The minimum atomic E-state index is -0.551. The Morgan fingerprint density at radius 2 is 2.14 bits per heavy atom. The van der Waals surface area contributed by atoms with Crippen molar-refractivity contribution in [2.24, 2.45) is 5.92 Å². The van der Waals surface area contributed by atoms with Crippen molar-refractivity contribution in [2.45, 2.75) is 63.9 Å². The van der Waals surface area contributed by atoms with Crippen molar-refractivity contribution < 1.29 is 9.53 Å². The minimum Gasteiger partial charge on any atom is -0.367 e. The van der Waals surface area contributed by atoms with Crippen LogP contribution in [0.5, 0.6) is 0 Å². The number of carbonyl (C=O) groups excluding carboxylic acids is 1. The van der Waals surface area contributed by atoms with E-state index in [9.17, 15) is 4.79 Å². The van der Waals surface area contributed by atoms with Crippen LogP contribution in [0.2, 0.25) is 0 Å². The summed E-state index contributed by atoms with van der Waals surface area (Å²) in [6.07, 6.45) is 7.61. The van der Waals surface area contributed by atoms with Crippen LogP contribution in [0, 0.1) is 5.92 Å². The van der Waals surface area contributed by atoms with Gasteiger partial charge in [-0.2, -0.15) is 0 Å². The van der Waals surface area contributed by atoms with Crippen molar-refractivity contribution in [1.82, 2.24) is 4.98 Å². The van der Waals surface area contributed by atoms with Crippen molar-refractivity contribution in [1.29, 1.82) is 0 Å². The van der Waals surface area contributed by atoms with Crippen LogP contribution in [0.15, 0.2) is 18.3 Å². The lowest BCUT2D eigenvalue weighted by Crippen LogP contribution is -2.47. The van der Waals surface area contributed by atoms with E-state index in [-0.39, 0.29) is 11.7 Å². The first kappa shape index (κ1) is 14.7. The highest BCUT2D eigenvalue weighted by atomic mass is 16.5. The zero-order valence-electron chi connectivity index (χ0n) is 13.1. The molecule has 0 aromatic carbocycles. The van der Waals surface area contributed by atoms with Crippen LogP contribution in [-0.2, 0) is 16.0 Å². The Balaban J connectivity index is 1.86. The molecule has 0 saturated heterocycles. The molecule has 2 aliphatic rings. The van der Waals surface area contributed by atoms with Crippen molar-refractivity contribution in [3.63, 3.8) is 0 Å². The Kier molecular flexibility index (Phi) is 4.12. The van der Waals surface area contributed by atoms with Gasteiger partial charge in [0.15, 0.2) is 5.78 Å². The van der Waals surface area contributed by atoms with Gasteiger partial charge in [0.1, 0.15) is 5.60 Å². The number of hydrogen-bond acceptors (Lipinski definition) is 3. The normalized spacial score (nSPS) is 31.9. The Hall–Kier alpha value is -1.22. The van der Waals surface area contributed by atoms with Crippen molar-refractivity contribution in [2.75, 3.05) is 6.61 Å². The molecule has 1 aromatic heterocycles. The smallest absolute Gasteiger partial charge is 0.173 e. The van der Waals surface area contributed by atoms with Gasteiger partial charge in [-0.1, -0.05) is 13.0 Å². The molecule has 21 heavy (non-hydrogen) atoms. The summed E-state index contributed by atoms with van der Waals surface area (Å²) in [7, 11) is 0. The van der Waals surface area contributed by atoms with Gasteiger partial charge in [-0.3, -0.25) is 9.78 Å². The Bertz CT molecular complexity index is 518. The lowest BCUT2D eigenvalue weighted by Gasteiger charge is -2.39. The summed E-state index contributed by atoms with van der Waals surface area (Å²) in [5, 5.41) is 0. The molecule has 1 atom stereocenters. The maximum absolute atomic E-state index is 13.2. The quantitative estimate of drug-likeness (QED) is 0.848. The number of pyridine rings is 1. The van der Waals surface area contributed by atoms with Gasteiger partial charge in [0.2, 0.25) is 0 Å². The maximum atomic E-state index is 13.2. The van der Waals surface area contributed by atoms with E-state index in [2.05, 4.69) is 18.0 Å². The molecule has 0 bridgehead atoms. The van der Waals surface area contributed by atoms with E-state index in [4.69, 9.17) is 4.74 Å². The lowest BCUT2D eigenvalue weighted by molar-refractivity contribution is -0.152. The van der Waals surface area contributed by atoms with Gasteiger partial charge < -0.3 is 4.74 Å². The van der Waals surface area contributed by atoms with Crippen molar-refractivity contribution in [3.8, 4) is 0 Å². The summed E-state index contributed by atoms with van der Waals surface area (Å²) in [5.74, 6) is 0.940. The molecule has 1 fully saturated rings. The third-order valence-electron chi connectivity index (χ3n) is 5.23. The fourth-order valence-corrected chi connectivity index (χ4v) is 3.95. The molecule has 114 valence electrons. The molecule has 0 spiro atoms. The van der Waals surface area contributed by atoms with Crippen molar-refractivity contribution in [3.05, 3.63) is 29.6 Å². The van der Waals surface area contributed by atoms with E-state index >= 15 is 0 Å². The largest absolute Gasteiger partial charge is 0.367 e. The van der Waals surface area contributed by atoms with E-state index in [0.29, 0.717) is 12.5 Å². The molecular weight excluding hydrogens is 262 g/mol. The van der Waals surface area contributed by atoms with Gasteiger partial charge in [-0.05, 0) is 63.0 Å². The summed E-state index contributed by atoms with van der Waals surface area (Å²) >= 11 is 0. The van der Waals surface area contributed by atoms with Crippen LogP contribution in [0.1, 0.15) is 63.1 Å². The van der Waals surface area contributed by atoms with Crippen LogP contribution in [0.25, 0.3) is 0 Å². The number of hydrogen-bond donors (Lipinski definition) is 0. The fourth-order valence-electron chi connectivity index (χ4n) is 3.95. The lowest BCUT2D eigenvalue weighted by atomic mass is 9.73. The molecule has 1 heterocycles. The Morgan fingerprint density at radius 1 is 1.38 bits per heavy atom. The summed E-state index contributed by atoms with van der Waals surface area (Å²) in [5.41, 5.74) is 1.69.